The first-order valence-corrected chi connectivity index (χ1v) is 5.98. The second-order valence-corrected chi connectivity index (χ2v) is 4.70. The Balaban J connectivity index is 1.98. The van der Waals surface area contributed by atoms with Gasteiger partial charge in [0.2, 0.25) is 12.7 Å². The van der Waals surface area contributed by atoms with E-state index in [2.05, 4.69) is 0 Å². The number of carbonyl (C=O) groups excluding carboxylic acids is 1. The minimum Gasteiger partial charge on any atom is -0.454 e. The number of primary amides is 1. The van der Waals surface area contributed by atoms with Crippen molar-refractivity contribution in [3.05, 3.63) is 23.8 Å². The fourth-order valence-corrected chi connectivity index (χ4v) is 2.02. The Morgan fingerprint density at radius 2 is 2.11 bits per heavy atom. The summed E-state index contributed by atoms with van der Waals surface area (Å²) in [6.45, 7) is 2.29. The number of rotatable bonds is 5. The molecule has 0 spiro atoms. The van der Waals surface area contributed by atoms with Gasteiger partial charge >= 0.3 is 0 Å². The van der Waals surface area contributed by atoms with Gasteiger partial charge < -0.3 is 20.9 Å². The van der Waals surface area contributed by atoms with Crippen LogP contribution in [0.1, 0.15) is 18.9 Å². The van der Waals surface area contributed by atoms with Gasteiger partial charge in [0.05, 0.1) is 0 Å². The summed E-state index contributed by atoms with van der Waals surface area (Å²) in [6, 6.07) is 5.62. The summed E-state index contributed by atoms with van der Waals surface area (Å²) in [5.41, 5.74) is 12.2. The molecule has 1 aromatic carbocycles. The van der Waals surface area contributed by atoms with Crippen molar-refractivity contribution in [2.24, 2.45) is 17.4 Å². The number of nitrogens with two attached hydrogens (primary N) is 2. The van der Waals surface area contributed by atoms with Gasteiger partial charge in [0.15, 0.2) is 11.5 Å². The second-order valence-electron chi connectivity index (χ2n) is 4.70. The molecule has 0 fully saturated rings. The molecule has 1 aromatic rings. The largest absolute Gasteiger partial charge is 0.454 e. The molecule has 5 nitrogen and oxygen atoms in total. The maximum atomic E-state index is 10.8. The Kier molecular flexibility index (Phi) is 3.72. The van der Waals surface area contributed by atoms with E-state index in [4.69, 9.17) is 20.9 Å². The quantitative estimate of drug-likeness (QED) is 0.809. The van der Waals surface area contributed by atoms with Gasteiger partial charge in [-0.1, -0.05) is 13.0 Å². The second kappa shape index (κ2) is 5.27. The first kappa shape index (κ1) is 12.7. The summed E-state index contributed by atoms with van der Waals surface area (Å²) in [6.07, 6.45) is 0.997. The van der Waals surface area contributed by atoms with E-state index >= 15 is 0 Å². The van der Waals surface area contributed by atoms with E-state index in [1.54, 1.807) is 0 Å². The normalized spacial score (nSPS) is 16.3. The first-order chi connectivity index (χ1) is 8.56. The highest BCUT2D eigenvalue weighted by Gasteiger charge is 2.18. The number of amides is 1. The maximum absolute atomic E-state index is 10.8. The van der Waals surface area contributed by atoms with Crippen molar-refractivity contribution in [2.45, 2.75) is 25.8 Å². The van der Waals surface area contributed by atoms with Gasteiger partial charge in [-0.3, -0.25) is 4.79 Å². The Bertz CT molecular complexity index is 448. The topological polar surface area (TPSA) is 87.6 Å². The van der Waals surface area contributed by atoms with Crippen molar-refractivity contribution in [3.63, 3.8) is 0 Å². The van der Waals surface area contributed by atoms with Crippen LogP contribution in [0, 0.1) is 5.92 Å². The van der Waals surface area contributed by atoms with Crippen LogP contribution in [0.3, 0.4) is 0 Å². The number of hydrogen-bond donors (Lipinski definition) is 2. The van der Waals surface area contributed by atoms with Gasteiger partial charge in [0, 0.05) is 12.5 Å². The molecule has 0 aliphatic carbocycles. The van der Waals surface area contributed by atoms with E-state index in [0.29, 0.717) is 0 Å². The Morgan fingerprint density at radius 1 is 1.39 bits per heavy atom. The molecule has 0 aromatic heterocycles. The average molecular weight is 250 g/mol. The van der Waals surface area contributed by atoms with Crippen LogP contribution in [0.4, 0.5) is 0 Å². The molecule has 1 aliphatic heterocycles. The molecule has 18 heavy (non-hydrogen) atoms. The predicted octanol–water partition coefficient (Wildman–Crippen LogP) is 0.797. The summed E-state index contributed by atoms with van der Waals surface area (Å²) in [5, 5.41) is 0. The summed E-state index contributed by atoms with van der Waals surface area (Å²) >= 11 is 0. The highest BCUT2D eigenvalue weighted by Crippen LogP contribution is 2.33. The van der Waals surface area contributed by atoms with Crippen LogP contribution in [0.2, 0.25) is 0 Å². The van der Waals surface area contributed by atoms with Crippen molar-refractivity contribution >= 4 is 5.91 Å². The van der Waals surface area contributed by atoms with Gasteiger partial charge in [-0.25, -0.2) is 0 Å². The summed E-state index contributed by atoms with van der Waals surface area (Å²) in [7, 11) is 0. The fourth-order valence-electron chi connectivity index (χ4n) is 2.02. The molecule has 4 N–H and O–H groups in total. The SMILES string of the molecule is CC(Cc1ccc2c(c1)OCO2)C(N)CC(N)=O. The van der Waals surface area contributed by atoms with E-state index in [9.17, 15) is 4.79 Å². The molecule has 2 atom stereocenters. The molecule has 0 bridgehead atoms. The summed E-state index contributed by atoms with van der Waals surface area (Å²) in [5.74, 6) is 1.36. The number of ether oxygens (including phenoxy) is 2. The molecule has 2 rings (SSSR count). The minimum atomic E-state index is -0.361. The van der Waals surface area contributed by atoms with Gasteiger partial charge in [-0.15, -0.1) is 0 Å². The first-order valence-electron chi connectivity index (χ1n) is 5.98. The molecule has 98 valence electrons. The zero-order valence-corrected chi connectivity index (χ0v) is 10.4. The molecular formula is C13H18N2O3. The zero-order valence-electron chi connectivity index (χ0n) is 10.4. The Labute approximate surface area is 106 Å². The number of carbonyl (C=O) groups is 1. The van der Waals surface area contributed by atoms with Gasteiger partial charge in [0.25, 0.3) is 0 Å². The van der Waals surface area contributed by atoms with Crippen molar-refractivity contribution in [2.75, 3.05) is 6.79 Å². The minimum absolute atomic E-state index is 0.179. The van der Waals surface area contributed by atoms with Crippen LogP contribution >= 0.6 is 0 Å². The third-order valence-electron chi connectivity index (χ3n) is 3.16. The summed E-state index contributed by atoms with van der Waals surface area (Å²) in [4.78, 5) is 10.8. The Hall–Kier alpha value is -1.75. The van der Waals surface area contributed by atoms with Crippen LogP contribution < -0.4 is 20.9 Å². The fraction of sp³-hybridized carbons (Fsp3) is 0.462. The molecule has 1 heterocycles. The standard InChI is InChI=1S/C13H18N2O3/c1-8(10(14)6-13(15)16)4-9-2-3-11-12(5-9)18-7-17-11/h2-3,5,8,10H,4,6-7,14H2,1H3,(H2,15,16). The lowest BCUT2D eigenvalue weighted by atomic mass is 9.92. The third-order valence-corrected chi connectivity index (χ3v) is 3.16. The molecule has 2 unspecified atom stereocenters. The van der Waals surface area contributed by atoms with Crippen molar-refractivity contribution in [1.29, 1.82) is 0 Å². The van der Waals surface area contributed by atoms with E-state index in [0.717, 1.165) is 23.5 Å². The number of hydrogen-bond acceptors (Lipinski definition) is 4. The maximum Gasteiger partial charge on any atom is 0.231 e. The van der Waals surface area contributed by atoms with Gasteiger partial charge in [0.1, 0.15) is 0 Å². The van der Waals surface area contributed by atoms with Gasteiger partial charge in [-0.2, -0.15) is 0 Å². The van der Waals surface area contributed by atoms with E-state index in [1.165, 1.54) is 0 Å². The van der Waals surface area contributed by atoms with E-state index in [1.807, 2.05) is 25.1 Å². The van der Waals surface area contributed by atoms with Crippen LogP contribution in [-0.2, 0) is 11.2 Å². The van der Waals surface area contributed by atoms with Crippen LogP contribution in [-0.4, -0.2) is 18.7 Å². The lowest BCUT2D eigenvalue weighted by Crippen LogP contribution is -2.34. The molecule has 1 amide bonds. The lowest BCUT2D eigenvalue weighted by Gasteiger charge is -2.18. The van der Waals surface area contributed by atoms with Crippen LogP contribution in [0.5, 0.6) is 11.5 Å². The lowest BCUT2D eigenvalue weighted by molar-refractivity contribution is -0.118. The van der Waals surface area contributed by atoms with Crippen molar-refractivity contribution in [3.8, 4) is 11.5 Å². The number of fused-ring (bicyclic) bond motifs is 1. The number of benzene rings is 1. The smallest absolute Gasteiger partial charge is 0.231 e. The third kappa shape index (κ3) is 2.92. The molecule has 1 aliphatic rings. The average Bonchev–Trinajstić information content (AvgIpc) is 2.75. The van der Waals surface area contributed by atoms with Crippen LogP contribution in [0.25, 0.3) is 0 Å². The highest BCUT2D eigenvalue weighted by molar-refractivity contribution is 5.74. The zero-order chi connectivity index (χ0) is 13.1. The van der Waals surface area contributed by atoms with Crippen molar-refractivity contribution < 1.29 is 14.3 Å². The van der Waals surface area contributed by atoms with Crippen molar-refractivity contribution in [1.82, 2.24) is 0 Å². The molecular weight excluding hydrogens is 232 g/mol. The highest BCUT2D eigenvalue weighted by atomic mass is 16.7. The molecule has 5 heteroatoms. The van der Waals surface area contributed by atoms with Crippen LogP contribution in [0.15, 0.2) is 18.2 Å². The van der Waals surface area contributed by atoms with E-state index < -0.39 is 0 Å². The monoisotopic (exact) mass is 250 g/mol. The summed E-state index contributed by atoms with van der Waals surface area (Å²) < 4.78 is 10.6. The molecule has 0 saturated carbocycles. The Morgan fingerprint density at radius 3 is 2.83 bits per heavy atom. The van der Waals surface area contributed by atoms with Gasteiger partial charge in [-0.05, 0) is 30.0 Å². The molecule has 0 radical (unpaired) electrons. The molecule has 0 saturated heterocycles. The van der Waals surface area contributed by atoms with E-state index in [-0.39, 0.29) is 31.1 Å². The predicted molar refractivity (Wildman–Crippen MR) is 67.2 cm³/mol.